The lowest BCUT2D eigenvalue weighted by Crippen LogP contribution is -2.47. The van der Waals surface area contributed by atoms with E-state index in [1.807, 2.05) is 27.7 Å². The van der Waals surface area contributed by atoms with Gasteiger partial charge in [0.2, 0.25) is 0 Å². The topological polar surface area (TPSA) is 47.9 Å². The second-order valence-electron chi connectivity index (χ2n) is 3.53. The van der Waals surface area contributed by atoms with Crippen molar-refractivity contribution in [2.24, 2.45) is 0 Å². The number of rotatable bonds is 10. The molecule has 1 atom stereocenters. The van der Waals surface area contributed by atoms with Crippen LogP contribution >= 0.6 is 0 Å². The van der Waals surface area contributed by atoms with Crippen LogP contribution in [0.15, 0.2) is 0 Å². The van der Waals surface area contributed by atoms with Crippen molar-refractivity contribution >= 4 is 0 Å². The van der Waals surface area contributed by atoms with Crippen molar-refractivity contribution in [1.29, 1.82) is 0 Å². The molecule has 0 radical (unpaired) electrons. The molecule has 0 rings (SSSR count). The van der Waals surface area contributed by atoms with Gasteiger partial charge < -0.3 is 19.3 Å². The maximum absolute atomic E-state index is 10.1. The maximum atomic E-state index is 10.1. The number of hydrogen-bond acceptors (Lipinski definition) is 4. The minimum atomic E-state index is -0.874. The number of aliphatic hydroxyl groups excluding tert-OH is 1. The molecule has 0 aromatic carbocycles. The van der Waals surface area contributed by atoms with Gasteiger partial charge in [-0.05, 0) is 20.8 Å². The summed E-state index contributed by atoms with van der Waals surface area (Å²) in [4.78, 5) is 0. The first-order valence-corrected chi connectivity index (χ1v) is 6.20. The minimum absolute atomic E-state index is 0.527. The van der Waals surface area contributed by atoms with Crippen LogP contribution in [0, 0.1) is 0 Å². The van der Waals surface area contributed by atoms with E-state index in [4.69, 9.17) is 14.2 Å². The third-order valence-electron chi connectivity index (χ3n) is 2.52. The van der Waals surface area contributed by atoms with Crippen molar-refractivity contribution in [3.05, 3.63) is 0 Å². The Bertz CT molecular complexity index is 155. The molecule has 0 bridgehead atoms. The van der Waals surface area contributed by atoms with Crippen molar-refractivity contribution in [3.8, 4) is 0 Å². The summed E-state index contributed by atoms with van der Waals surface area (Å²) < 4.78 is 16.4. The summed E-state index contributed by atoms with van der Waals surface area (Å²) >= 11 is 0. The molecule has 4 heteroatoms. The van der Waals surface area contributed by atoms with E-state index in [1.165, 1.54) is 0 Å². The molecular weight excluding hydrogens is 208 g/mol. The molecular formula is C12H26O4. The average molecular weight is 234 g/mol. The highest BCUT2D eigenvalue weighted by Crippen LogP contribution is 2.24. The Labute approximate surface area is 98.9 Å². The van der Waals surface area contributed by atoms with Gasteiger partial charge in [-0.3, -0.25) is 0 Å². The van der Waals surface area contributed by atoms with Gasteiger partial charge in [0, 0.05) is 39.3 Å². The molecule has 98 valence electrons. The van der Waals surface area contributed by atoms with E-state index in [1.54, 1.807) is 0 Å². The Morgan fingerprint density at radius 3 is 1.94 bits per heavy atom. The number of hydrogen-bond donors (Lipinski definition) is 1. The van der Waals surface area contributed by atoms with Gasteiger partial charge in [0.25, 0.3) is 0 Å². The first-order valence-electron chi connectivity index (χ1n) is 6.20. The van der Waals surface area contributed by atoms with E-state index < -0.39 is 11.9 Å². The van der Waals surface area contributed by atoms with Crippen LogP contribution in [0.4, 0.5) is 0 Å². The maximum Gasteiger partial charge on any atom is 0.194 e. The van der Waals surface area contributed by atoms with Gasteiger partial charge in [-0.1, -0.05) is 6.92 Å². The summed E-state index contributed by atoms with van der Waals surface area (Å²) in [7, 11) is 0. The molecule has 0 aliphatic rings. The number of aliphatic hydroxyl groups is 1. The molecule has 0 heterocycles. The quantitative estimate of drug-likeness (QED) is 0.463. The first-order chi connectivity index (χ1) is 7.66. The summed E-state index contributed by atoms with van der Waals surface area (Å²) in [5, 5.41) is 10.1. The molecule has 0 saturated carbocycles. The van der Waals surface area contributed by atoms with Gasteiger partial charge in [0.15, 0.2) is 5.79 Å². The summed E-state index contributed by atoms with van der Waals surface area (Å²) in [5.74, 6) is -0.874. The lowest BCUT2D eigenvalue weighted by atomic mass is 10.0. The van der Waals surface area contributed by atoms with Gasteiger partial charge >= 0.3 is 0 Å². The monoisotopic (exact) mass is 234 g/mol. The van der Waals surface area contributed by atoms with Gasteiger partial charge in [-0.25, -0.2) is 0 Å². The summed E-state index contributed by atoms with van der Waals surface area (Å²) in [6.45, 7) is 9.94. The zero-order valence-corrected chi connectivity index (χ0v) is 11.0. The summed E-state index contributed by atoms with van der Waals surface area (Å²) in [6, 6.07) is 0. The van der Waals surface area contributed by atoms with Crippen molar-refractivity contribution < 1.29 is 19.3 Å². The van der Waals surface area contributed by atoms with Crippen molar-refractivity contribution in [2.45, 2.75) is 52.4 Å². The van der Waals surface area contributed by atoms with Crippen molar-refractivity contribution in [2.75, 3.05) is 26.4 Å². The van der Waals surface area contributed by atoms with Crippen LogP contribution in [0.3, 0.4) is 0 Å². The molecule has 16 heavy (non-hydrogen) atoms. The van der Waals surface area contributed by atoms with Gasteiger partial charge in [-0.2, -0.15) is 0 Å². The van der Waals surface area contributed by atoms with Gasteiger partial charge in [0.1, 0.15) is 6.10 Å². The van der Waals surface area contributed by atoms with E-state index >= 15 is 0 Å². The first kappa shape index (κ1) is 15.8. The highest BCUT2D eigenvalue weighted by molar-refractivity contribution is 4.78. The highest BCUT2D eigenvalue weighted by atomic mass is 16.7. The molecule has 1 unspecified atom stereocenters. The zero-order valence-electron chi connectivity index (χ0n) is 11.0. The van der Waals surface area contributed by atoms with E-state index in [0.717, 1.165) is 0 Å². The van der Waals surface area contributed by atoms with Crippen LogP contribution in [-0.2, 0) is 14.2 Å². The second-order valence-corrected chi connectivity index (χ2v) is 3.53. The predicted molar refractivity (Wildman–Crippen MR) is 63.4 cm³/mol. The standard InChI is InChI=1S/C12H26O4/c1-5-12(15-7-3,16-8-4)11(13)9-10-14-6-2/h11,13H,5-10H2,1-4H3. The Morgan fingerprint density at radius 2 is 1.56 bits per heavy atom. The van der Waals surface area contributed by atoms with Crippen LogP contribution < -0.4 is 0 Å². The zero-order chi connectivity index (χ0) is 12.4. The Morgan fingerprint density at radius 1 is 1.00 bits per heavy atom. The minimum Gasteiger partial charge on any atom is -0.387 e. The fraction of sp³-hybridized carbons (Fsp3) is 1.00. The summed E-state index contributed by atoms with van der Waals surface area (Å²) in [6.07, 6.45) is 0.507. The fourth-order valence-electron chi connectivity index (χ4n) is 1.72. The predicted octanol–water partition coefficient (Wildman–Crippen LogP) is 1.95. The molecule has 1 N–H and O–H groups in total. The summed E-state index contributed by atoms with van der Waals surface area (Å²) in [5.41, 5.74) is 0. The van der Waals surface area contributed by atoms with Crippen LogP contribution in [0.5, 0.6) is 0 Å². The highest BCUT2D eigenvalue weighted by Gasteiger charge is 2.37. The molecule has 0 fully saturated rings. The van der Waals surface area contributed by atoms with E-state index in [2.05, 4.69) is 0 Å². The van der Waals surface area contributed by atoms with E-state index in [9.17, 15) is 5.11 Å². The molecule has 0 aromatic heterocycles. The Kier molecular flexibility index (Phi) is 8.84. The molecule has 0 saturated heterocycles. The van der Waals surface area contributed by atoms with Crippen LogP contribution in [0.25, 0.3) is 0 Å². The van der Waals surface area contributed by atoms with Crippen LogP contribution in [-0.4, -0.2) is 43.4 Å². The number of ether oxygens (including phenoxy) is 3. The normalized spacial score (nSPS) is 14.1. The third-order valence-corrected chi connectivity index (χ3v) is 2.52. The molecule has 0 spiro atoms. The Balaban J connectivity index is 4.33. The molecule has 0 amide bonds. The lowest BCUT2D eigenvalue weighted by molar-refractivity contribution is -0.283. The fourth-order valence-corrected chi connectivity index (χ4v) is 1.72. The van der Waals surface area contributed by atoms with Crippen molar-refractivity contribution in [3.63, 3.8) is 0 Å². The SMILES string of the molecule is CCOCCC(O)C(CC)(OCC)OCC. The molecule has 0 aromatic rings. The van der Waals surface area contributed by atoms with E-state index in [0.29, 0.717) is 39.3 Å². The van der Waals surface area contributed by atoms with Crippen LogP contribution in [0.1, 0.15) is 40.5 Å². The second kappa shape index (κ2) is 8.93. The van der Waals surface area contributed by atoms with Crippen LogP contribution in [0.2, 0.25) is 0 Å². The van der Waals surface area contributed by atoms with Gasteiger partial charge in [0.05, 0.1) is 0 Å². The molecule has 4 nitrogen and oxygen atoms in total. The van der Waals surface area contributed by atoms with E-state index in [-0.39, 0.29) is 0 Å². The smallest absolute Gasteiger partial charge is 0.194 e. The lowest BCUT2D eigenvalue weighted by Gasteiger charge is -2.36. The van der Waals surface area contributed by atoms with Gasteiger partial charge in [-0.15, -0.1) is 0 Å². The molecule has 0 aliphatic carbocycles. The largest absolute Gasteiger partial charge is 0.387 e. The average Bonchev–Trinajstić information content (AvgIpc) is 2.28. The third kappa shape index (κ3) is 4.78. The Hall–Kier alpha value is -0.160. The van der Waals surface area contributed by atoms with Crippen molar-refractivity contribution in [1.82, 2.24) is 0 Å². The molecule has 0 aliphatic heterocycles.